The lowest BCUT2D eigenvalue weighted by Gasteiger charge is -2.36. The molecule has 3 aliphatic rings. The van der Waals surface area contributed by atoms with E-state index in [0.29, 0.717) is 12.0 Å². The first-order chi connectivity index (χ1) is 12.7. The lowest BCUT2D eigenvalue weighted by molar-refractivity contribution is 0.0636. The van der Waals surface area contributed by atoms with Gasteiger partial charge in [0.05, 0.1) is 17.6 Å². The van der Waals surface area contributed by atoms with Gasteiger partial charge in [-0.1, -0.05) is 11.3 Å². The zero-order valence-electron chi connectivity index (χ0n) is 15.2. The fraction of sp³-hybridized carbons (Fsp3) is 0.550. The molecular weight excluding hydrogens is 326 g/mol. The Bertz CT molecular complexity index is 831. The minimum absolute atomic E-state index is 0.164. The van der Waals surface area contributed by atoms with E-state index in [-0.39, 0.29) is 5.91 Å². The van der Waals surface area contributed by atoms with E-state index in [2.05, 4.69) is 27.2 Å². The number of hydrogen-bond donors (Lipinski definition) is 0. The van der Waals surface area contributed by atoms with E-state index in [9.17, 15) is 4.79 Å². The quantitative estimate of drug-likeness (QED) is 0.852. The van der Waals surface area contributed by atoms with Crippen LogP contribution in [-0.2, 0) is 0 Å². The predicted octanol–water partition coefficient (Wildman–Crippen LogP) is 2.31. The van der Waals surface area contributed by atoms with Gasteiger partial charge in [-0.05, 0) is 63.4 Å². The highest BCUT2D eigenvalue weighted by atomic mass is 16.2. The molecule has 3 atom stereocenters. The van der Waals surface area contributed by atoms with E-state index in [0.717, 1.165) is 48.9 Å². The third kappa shape index (κ3) is 2.63. The molecule has 2 aromatic rings. The largest absolute Gasteiger partial charge is 0.335 e. The Hall–Kier alpha value is -2.21. The SMILES string of the molecule is CN1CCC(c2cn(-c3cccc(C(=O)N4CC[C@@H]5CC[C@@H]54)c3)nn2)C1. The normalized spacial score (nSPS) is 28.2. The summed E-state index contributed by atoms with van der Waals surface area (Å²) < 4.78 is 1.81. The maximum absolute atomic E-state index is 12.9. The van der Waals surface area contributed by atoms with Crippen molar-refractivity contribution >= 4 is 5.91 Å². The number of carbonyl (C=O) groups is 1. The highest BCUT2D eigenvalue weighted by molar-refractivity contribution is 5.95. The maximum atomic E-state index is 12.9. The molecule has 3 fully saturated rings. The number of likely N-dealkylation sites (N-methyl/N-ethyl adjacent to an activating group) is 1. The van der Waals surface area contributed by atoms with Crippen molar-refractivity contribution in [2.45, 2.75) is 37.6 Å². The van der Waals surface area contributed by atoms with Gasteiger partial charge in [-0.3, -0.25) is 4.79 Å². The third-order valence-corrected chi connectivity index (χ3v) is 6.46. The van der Waals surface area contributed by atoms with E-state index < -0.39 is 0 Å². The van der Waals surface area contributed by atoms with Crippen LogP contribution in [0, 0.1) is 5.92 Å². The molecule has 1 aromatic heterocycles. The molecule has 1 unspecified atom stereocenters. The molecule has 0 N–H and O–H groups in total. The second-order valence-electron chi connectivity index (χ2n) is 8.08. The second kappa shape index (κ2) is 6.20. The summed E-state index contributed by atoms with van der Waals surface area (Å²) in [4.78, 5) is 17.3. The first kappa shape index (κ1) is 16.0. The van der Waals surface area contributed by atoms with Gasteiger partial charge >= 0.3 is 0 Å². The fourth-order valence-corrected chi connectivity index (χ4v) is 4.74. The van der Waals surface area contributed by atoms with Gasteiger partial charge in [-0.25, -0.2) is 4.68 Å². The van der Waals surface area contributed by atoms with Crippen LogP contribution < -0.4 is 0 Å². The molecule has 1 saturated carbocycles. The van der Waals surface area contributed by atoms with Gasteiger partial charge in [0.2, 0.25) is 0 Å². The number of aromatic nitrogens is 3. The topological polar surface area (TPSA) is 54.3 Å². The van der Waals surface area contributed by atoms with Gasteiger partial charge < -0.3 is 9.80 Å². The fourth-order valence-electron chi connectivity index (χ4n) is 4.74. The average Bonchev–Trinajstić information content (AvgIpc) is 3.33. The Morgan fingerprint density at radius 1 is 1.15 bits per heavy atom. The minimum Gasteiger partial charge on any atom is -0.335 e. The van der Waals surface area contributed by atoms with Crippen LogP contribution >= 0.6 is 0 Å². The number of fused-ring (bicyclic) bond motifs is 1. The molecule has 6 heteroatoms. The Kier molecular flexibility index (Phi) is 3.81. The van der Waals surface area contributed by atoms with Crippen LogP contribution in [0.2, 0.25) is 0 Å². The number of hydrogen-bond acceptors (Lipinski definition) is 4. The van der Waals surface area contributed by atoms with Gasteiger partial charge in [-0.2, -0.15) is 0 Å². The molecule has 2 saturated heterocycles. The smallest absolute Gasteiger partial charge is 0.254 e. The van der Waals surface area contributed by atoms with Crippen molar-refractivity contribution < 1.29 is 4.79 Å². The lowest BCUT2D eigenvalue weighted by atomic mass is 9.80. The molecule has 5 rings (SSSR count). The van der Waals surface area contributed by atoms with Crippen molar-refractivity contribution in [2.75, 3.05) is 26.7 Å². The van der Waals surface area contributed by atoms with Crippen LogP contribution in [-0.4, -0.2) is 63.4 Å². The Morgan fingerprint density at radius 2 is 2.08 bits per heavy atom. The Labute approximate surface area is 153 Å². The molecular formula is C20H25N5O. The van der Waals surface area contributed by atoms with Gasteiger partial charge in [-0.15, -0.1) is 5.10 Å². The molecule has 0 bridgehead atoms. The van der Waals surface area contributed by atoms with Crippen molar-refractivity contribution in [2.24, 2.45) is 5.92 Å². The number of amides is 1. The Morgan fingerprint density at radius 3 is 2.81 bits per heavy atom. The monoisotopic (exact) mass is 351 g/mol. The number of likely N-dealkylation sites (tertiary alicyclic amines) is 2. The molecule has 2 aliphatic heterocycles. The van der Waals surface area contributed by atoms with Gasteiger partial charge in [0, 0.05) is 30.6 Å². The standard InChI is InChI=1S/C20H25N5O/c1-23-9-7-16(12-23)18-13-25(22-21-18)17-4-2-3-15(11-17)20(26)24-10-8-14-5-6-19(14)24/h2-4,11,13-14,16,19H,5-10,12H2,1H3/t14-,16?,19-/m0/s1. The highest BCUT2D eigenvalue weighted by Crippen LogP contribution is 2.40. The summed E-state index contributed by atoms with van der Waals surface area (Å²) in [5.74, 6) is 1.36. The number of nitrogens with zero attached hydrogens (tertiary/aromatic N) is 5. The molecule has 1 amide bonds. The van der Waals surface area contributed by atoms with Crippen LogP contribution in [0.5, 0.6) is 0 Å². The lowest BCUT2D eigenvalue weighted by Crippen LogP contribution is -2.42. The molecule has 0 spiro atoms. The summed E-state index contributed by atoms with van der Waals surface area (Å²) in [6.07, 6.45) is 6.76. The van der Waals surface area contributed by atoms with Crippen LogP contribution in [0.25, 0.3) is 5.69 Å². The summed E-state index contributed by atoms with van der Waals surface area (Å²) >= 11 is 0. The molecule has 1 aliphatic carbocycles. The average molecular weight is 351 g/mol. The summed E-state index contributed by atoms with van der Waals surface area (Å²) in [5, 5.41) is 8.70. The van der Waals surface area contributed by atoms with Crippen LogP contribution in [0.15, 0.2) is 30.5 Å². The minimum atomic E-state index is 0.164. The van der Waals surface area contributed by atoms with E-state index in [1.165, 1.54) is 19.3 Å². The van der Waals surface area contributed by atoms with Crippen molar-refractivity contribution in [3.63, 3.8) is 0 Å². The van der Waals surface area contributed by atoms with E-state index in [4.69, 9.17) is 0 Å². The predicted molar refractivity (Wildman–Crippen MR) is 98.4 cm³/mol. The molecule has 1 aromatic carbocycles. The summed E-state index contributed by atoms with van der Waals surface area (Å²) in [5.41, 5.74) is 2.71. The van der Waals surface area contributed by atoms with Crippen LogP contribution in [0.4, 0.5) is 0 Å². The van der Waals surface area contributed by atoms with Crippen molar-refractivity contribution in [3.05, 3.63) is 41.7 Å². The van der Waals surface area contributed by atoms with Gasteiger partial charge in [0.15, 0.2) is 0 Å². The van der Waals surface area contributed by atoms with E-state index >= 15 is 0 Å². The molecule has 0 radical (unpaired) electrons. The molecule has 6 nitrogen and oxygen atoms in total. The summed E-state index contributed by atoms with van der Waals surface area (Å²) in [7, 11) is 2.14. The van der Waals surface area contributed by atoms with Gasteiger partial charge in [0.1, 0.15) is 0 Å². The van der Waals surface area contributed by atoms with Gasteiger partial charge in [0.25, 0.3) is 5.91 Å². The van der Waals surface area contributed by atoms with Crippen LogP contribution in [0.1, 0.15) is 47.7 Å². The van der Waals surface area contributed by atoms with Crippen molar-refractivity contribution in [1.29, 1.82) is 0 Å². The summed E-state index contributed by atoms with van der Waals surface area (Å²) in [6.45, 7) is 3.05. The third-order valence-electron chi connectivity index (χ3n) is 6.46. The number of rotatable bonds is 3. The molecule has 26 heavy (non-hydrogen) atoms. The zero-order valence-corrected chi connectivity index (χ0v) is 15.2. The van der Waals surface area contributed by atoms with Crippen molar-refractivity contribution in [3.8, 4) is 5.69 Å². The van der Waals surface area contributed by atoms with E-state index in [1.807, 2.05) is 30.5 Å². The number of benzene rings is 1. The second-order valence-corrected chi connectivity index (χ2v) is 8.08. The zero-order chi connectivity index (χ0) is 17.7. The highest BCUT2D eigenvalue weighted by Gasteiger charge is 2.43. The van der Waals surface area contributed by atoms with Crippen LogP contribution in [0.3, 0.4) is 0 Å². The first-order valence-corrected chi connectivity index (χ1v) is 9.71. The summed E-state index contributed by atoms with van der Waals surface area (Å²) in [6, 6.07) is 8.28. The van der Waals surface area contributed by atoms with E-state index in [1.54, 1.807) is 4.68 Å². The Balaban J connectivity index is 1.37. The van der Waals surface area contributed by atoms with Crippen molar-refractivity contribution in [1.82, 2.24) is 24.8 Å². The molecule has 3 heterocycles. The maximum Gasteiger partial charge on any atom is 0.254 e. The first-order valence-electron chi connectivity index (χ1n) is 9.71. The molecule has 136 valence electrons. The number of carbonyl (C=O) groups excluding carboxylic acids is 1.